The lowest BCUT2D eigenvalue weighted by Crippen LogP contribution is -2.60. The van der Waals surface area contributed by atoms with Crippen LogP contribution in [0.3, 0.4) is 0 Å². The molecule has 9 nitrogen and oxygen atoms in total. The van der Waals surface area contributed by atoms with Gasteiger partial charge in [-0.05, 0) is 37.9 Å². The van der Waals surface area contributed by atoms with E-state index >= 15 is 0 Å². The smallest absolute Gasteiger partial charge is 0.339 e. The van der Waals surface area contributed by atoms with E-state index in [1.165, 1.54) is 11.3 Å². The minimum absolute atomic E-state index is 0.0363. The summed E-state index contributed by atoms with van der Waals surface area (Å²) in [6.45, 7) is 7.51. The molecule has 3 aromatic rings. The first-order valence-corrected chi connectivity index (χ1v) is 14.3. The number of unbranched alkanes of at least 4 members (excludes halogenated alkanes) is 2. The topological polar surface area (TPSA) is 112 Å². The van der Waals surface area contributed by atoms with E-state index in [1.807, 2.05) is 19.1 Å². The van der Waals surface area contributed by atoms with E-state index in [-0.39, 0.29) is 29.8 Å². The van der Waals surface area contributed by atoms with E-state index in [0.717, 1.165) is 61.2 Å². The number of likely N-dealkylation sites (tertiary alicyclic amines) is 1. The second-order valence-electron chi connectivity index (χ2n) is 9.29. The highest BCUT2D eigenvalue weighted by molar-refractivity contribution is 7.17. The predicted octanol–water partition coefficient (Wildman–Crippen LogP) is 4.04. The Kier molecular flexibility index (Phi) is 9.90. The largest absolute Gasteiger partial charge is 0.461 e. The van der Waals surface area contributed by atoms with Crippen LogP contribution >= 0.6 is 22.9 Å². The summed E-state index contributed by atoms with van der Waals surface area (Å²) in [6.07, 6.45) is 4.86. The minimum Gasteiger partial charge on any atom is -0.461 e. The van der Waals surface area contributed by atoms with Gasteiger partial charge in [0.05, 0.1) is 27.0 Å². The van der Waals surface area contributed by atoms with E-state index in [2.05, 4.69) is 37.4 Å². The number of fused-ring (bicyclic) bond motifs is 1. The molecule has 0 saturated carbocycles. The van der Waals surface area contributed by atoms with Crippen molar-refractivity contribution < 1.29 is 14.3 Å². The molecule has 1 aliphatic heterocycles. The molecule has 1 aromatic carbocycles. The van der Waals surface area contributed by atoms with Gasteiger partial charge in [-0.2, -0.15) is 0 Å². The zero-order chi connectivity index (χ0) is 26.2. The zero-order valence-corrected chi connectivity index (χ0v) is 23.0. The number of rotatable bonds is 12. The Labute approximate surface area is 226 Å². The fraction of sp³-hybridized carbons (Fsp3) is 0.538. The number of amides is 1. The molecule has 1 aliphatic rings. The normalized spacial score (nSPS) is 18.2. The summed E-state index contributed by atoms with van der Waals surface area (Å²) in [7, 11) is 0. The van der Waals surface area contributed by atoms with Crippen LogP contribution in [-0.2, 0) is 11.2 Å². The lowest BCUT2D eigenvalue weighted by atomic mass is 9.98. The minimum atomic E-state index is -0.324. The number of ether oxygens (including phenoxy) is 1. The van der Waals surface area contributed by atoms with Gasteiger partial charge < -0.3 is 20.4 Å². The summed E-state index contributed by atoms with van der Waals surface area (Å²) in [5.74, 6) is -0.321. The summed E-state index contributed by atoms with van der Waals surface area (Å²) in [6, 6.07) is 5.54. The van der Waals surface area contributed by atoms with Crippen molar-refractivity contribution in [3.05, 3.63) is 45.9 Å². The third kappa shape index (κ3) is 7.07. The molecule has 3 N–H and O–H groups in total. The van der Waals surface area contributed by atoms with Gasteiger partial charge in [0.2, 0.25) is 0 Å². The Morgan fingerprint density at radius 1 is 1.27 bits per heavy atom. The number of esters is 1. The van der Waals surface area contributed by atoms with Crippen LogP contribution in [0.15, 0.2) is 23.7 Å². The molecule has 37 heavy (non-hydrogen) atoms. The van der Waals surface area contributed by atoms with Crippen LogP contribution in [0.25, 0.3) is 10.2 Å². The van der Waals surface area contributed by atoms with Crippen molar-refractivity contribution in [3.63, 3.8) is 0 Å². The van der Waals surface area contributed by atoms with E-state index in [0.29, 0.717) is 30.3 Å². The number of carbonyl (C=O) groups excluding carboxylic acids is 2. The Morgan fingerprint density at radius 3 is 2.92 bits per heavy atom. The summed E-state index contributed by atoms with van der Waals surface area (Å²) in [4.78, 5) is 39.3. The van der Waals surface area contributed by atoms with Crippen molar-refractivity contribution in [2.45, 2.75) is 58.0 Å². The van der Waals surface area contributed by atoms with Gasteiger partial charge in [-0.1, -0.05) is 44.4 Å². The third-order valence-electron chi connectivity index (χ3n) is 6.71. The number of aryl methyl sites for hydroxylation is 1. The zero-order valence-electron chi connectivity index (χ0n) is 21.4. The number of hydrogen-bond acceptors (Lipinski definition) is 8. The lowest BCUT2D eigenvalue weighted by Gasteiger charge is -2.39. The van der Waals surface area contributed by atoms with Crippen molar-refractivity contribution in [3.8, 4) is 0 Å². The number of thiazole rings is 1. The highest BCUT2D eigenvalue weighted by Gasteiger charge is 2.31. The Morgan fingerprint density at radius 2 is 2.14 bits per heavy atom. The van der Waals surface area contributed by atoms with Crippen LogP contribution in [0.2, 0.25) is 5.15 Å². The average Bonchev–Trinajstić information content (AvgIpc) is 3.54. The van der Waals surface area contributed by atoms with Crippen LogP contribution in [0.4, 0.5) is 0 Å². The molecule has 0 bridgehead atoms. The first-order valence-electron chi connectivity index (χ1n) is 13.0. The number of nitrogens with zero attached hydrogens (tertiary/aromatic N) is 3. The molecule has 11 heteroatoms. The molecule has 1 fully saturated rings. The highest BCUT2D eigenvalue weighted by atomic mass is 35.5. The van der Waals surface area contributed by atoms with Gasteiger partial charge in [0, 0.05) is 31.7 Å². The van der Waals surface area contributed by atoms with Crippen LogP contribution < -0.4 is 10.6 Å². The van der Waals surface area contributed by atoms with Gasteiger partial charge in [-0.3, -0.25) is 9.69 Å². The lowest BCUT2D eigenvalue weighted by molar-refractivity contribution is 0.0430. The van der Waals surface area contributed by atoms with Crippen molar-refractivity contribution in [1.29, 1.82) is 0 Å². The van der Waals surface area contributed by atoms with Crippen LogP contribution in [-0.4, -0.2) is 76.6 Å². The third-order valence-corrected chi connectivity index (χ3v) is 7.90. The fourth-order valence-electron chi connectivity index (χ4n) is 4.62. The first kappa shape index (κ1) is 27.5. The number of hydrogen-bond donors (Lipinski definition) is 3. The molecule has 0 spiro atoms. The van der Waals surface area contributed by atoms with Crippen molar-refractivity contribution >= 4 is 45.0 Å². The number of H-pyrrole nitrogens is 1. The number of imidazole rings is 1. The Hall–Kier alpha value is -2.53. The number of aromatic amines is 1. The van der Waals surface area contributed by atoms with E-state index in [1.54, 1.807) is 11.6 Å². The number of aromatic nitrogens is 3. The second kappa shape index (κ2) is 13.3. The number of nitrogens with one attached hydrogen (secondary N) is 3. The number of carbonyl (C=O) groups is 2. The molecular weight excluding hydrogens is 512 g/mol. The van der Waals surface area contributed by atoms with E-state index < -0.39 is 0 Å². The van der Waals surface area contributed by atoms with Crippen molar-refractivity contribution in [2.75, 3.05) is 32.8 Å². The van der Waals surface area contributed by atoms with Gasteiger partial charge in [0.25, 0.3) is 5.91 Å². The summed E-state index contributed by atoms with van der Waals surface area (Å²) >= 11 is 7.57. The molecule has 200 valence electrons. The second-order valence-corrected chi connectivity index (χ2v) is 10.5. The predicted molar refractivity (Wildman–Crippen MR) is 147 cm³/mol. The molecule has 1 saturated heterocycles. The maximum Gasteiger partial charge on any atom is 0.339 e. The van der Waals surface area contributed by atoms with Crippen molar-refractivity contribution in [1.82, 2.24) is 30.5 Å². The first-order chi connectivity index (χ1) is 18.0. The van der Waals surface area contributed by atoms with E-state index in [4.69, 9.17) is 16.3 Å². The van der Waals surface area contributed by atoms with Crippen LogP contribution in [0.5, 0.6) is 0 Å². The Bertz CT molecular complexity index is 1200. The molecule has 0 radical (unpaired) electrons. The van der Waals surface area contributed by atoms with Gasteiger partial charge in [0.15, 0.2) is 11.0 Å². The monoisotopic (exact) mass is 546 g/mol. The summed E-state index contributed by atoms with van der Waals surface area (Å²) in [5, 5.41) is 7.13. The standard InChI is InChI=1S/C26H35ClN6O3S/c1-3-5-6-11-28-21-15-33(12-10-19(21)31-25(34)24-30-18(4-2)23(27)32-24)13-14-36-26(35)17-8-7-9-20-22(17)37-16-29-20/h7-9,16,19,21,28H,3-6,10-15H2,1-2H3,(H,30,32)(H,31,34). The Balaban J connectivity index is 1.32. The molecule has 3 heterocycles. The molecule has 1 amide bonds. The van der Waals surface area contributed by atoms with Gasteiger partial charge in [0.1, 0.15) is 6.61 Å². The summed E-state index contributed by atoms with van der Waals surface area (Å²) < 4.78 is 6.46. The fourth-order valence-corrected chi connectivity index (χ4v) is 5.68. The van der Waals surface area contributed by atoms with Gasteiger partial charge in [-0.15, -0.1) is 11.3 Å². The van der Waals surface area contributed by atoms with Crippen LogP contribution in [0.1, 0.15) is 66.2 Å². The van der Waals surface area contributed by atoms with Crippen LogP contribution in [0, 0.1) is 0 Å². The molecule has 2 unspecified atom stereocenters. The maximum absolute atomic E-state index is 12.9. The van der Waals surface area contributed by atoms with Crippen molar-refractivity contribution in [2.24, 2.45) is 0 Å². The number of halogens is 1. The summed E-state index contributed by atoms with van der Waals surface area (Å²) in [5.41, 5.74) is 3.86. The number of piperidine rings is 1. The van der Waals surface area contributed by atoms with Gasteiger partial charge in [-0.25, -0.2) is 14.8 Å². The molecule has 4 rings (SSSR count). The quantitative estimate of drug-likeness (QED) is 0.232. The van der Waals surface area contributed by atoms with E-state index in [9.17, 15) is 9.59 Å². The molecule has 0 aliphatic carbocycles. The van der Waals surface area contributed by atoms with Gasteiger partial charge >= 0.3 is 5.97 Å². The molecule has 2 aromatic heterocycles. The molecule has 2 atom stereocenters. The maximum atomic E-state index is 12.9. The average molecular weight is 547 g/mol. The SMILES string of the molecule is CCCCCNC1CN(CCOC(=O)c2cccc3ncsc23)CCC1NC(=O)c1nc(Cl)c(CC)[nH]1. The highest BCUT2D eigenvalue weighted by Crippen LogP contribution is 2.23. The molecular formula is C26H35ClN6O3S. The number of benzene rings is 1.